The van der Waals surface area contributed by atoms with Crippen LogP contribution in [0.3, 0.4) is 0 Å². The SMILES string of the molecule is O=C(Nc1ccc2cc1CCc1cncc(c1)Nc1ncc(Cl)c(n1)N2)N1CCN(c2ccc(C(F)(F)F)cn2)CC1.O=C(O)C(F)(F)F.O=C(O)C(F)(F)F.O=C(O)C(F)(F)F. The van der Waals surface area contributed by atoms with Crippen LogP contribution in [0.2, 0.25) is 5.02 Å². The Morgan fingerprint density at radius 3 is 1.75 bits per heavy atom. The van der Waals surface area contributed by atoms with Crippen molar-refractivity contribution >= 4 is 70.2 Å². The van der Waals surface area contributed by atoms with Gasteiger partial charge >= 0.3 is 48.6 Å². The molecule has 2 aliphatic heterocycles. The second-order valence-corrected chi connectivity index (χ2v) is 12.7. The highest BCUT2D eigenvalue weighted by Gasteiger charge is 2.39. The summed E-state index contributed by atoms with van der Waals surface area (Å²) in [7, 11) is 0. The van der Waals surface area contributed by atoms with E-state index in [1.807, 2.05) is 29.2 Å². The maximum Gasteiger partial charge on any atom is 0.490 e. The number of hydrogen-bond acceptors (Lipinski definition) is 11. The van der Waals surface area contributed by atoms with Crippen LogP contribution in [0.15, 0.2) is 61.2 Å². The fraction of sp³-hybridized carbons (Fsp3) is 0.294. The molecule has 0 spiro atoms. The molecule has 6 N–H and O–H groups in total. The third-order valence-corrected chi connectivity index (χ3v) is 8.06. The summed E-state index contributed by atoms with van der Waals surface area (Å²) in [4.78, 5) is 60.5. The molecule has 16 nitrogen and oxygen atoms in total. The minimum absolute atomic E-state index is 0.258. The first-order chi connectivity index (χ1) is 29.0. The molecule has 1 fully saturated rings. The van der Waals surface area contributed by atoms with Crippen LogP contribution >= 0.6 is 11.6 Å². The number of halogens is 13. The first kappa shape index (κ1) is 50.5. The minimum atomic E-state index is -5.08. The summed E-state index contributed by atoms with van der Waals surface area (Å²) in [5, 5.41) is 31.2. The van der Waals surface area contributed by atoms with Gasteiger partial charge in [0.2, 0.25) is 5.95 Å². The number of benzene rings is 1. The van der Waals surface area contributed by atoms with Gasteiger partial charge < -0.3 is 41.1 Å². The number of hydrogen-bond donors (Lipinski definition) is 6. The summed E-state index contributed by atoms with van der Waals surface area (Å²) in [5.74, 6) is -7.02. The third kappa shape index (κ3) is 16.2. The number of rotatable bonds is 2. The van der Waals surface area contributed by atoms with Gasteiger partial charge in [-0.3, -0.25) is 4.98 Å². The van der Waals surface area contributed by atoms with Crippen LogP contribution in [0.25, 0.3) is 0 Å². The highest BCUT2D eigenvalue weighted by molar-refractivity contribution is 6.32. The lowest BCUT2D eigenvalue weighted by Gasteiger charge is -2.35. The molecular formula is C34H28ClF12N9O7. The van der Waals surface area contributed by atoms with Crippen molar-refractivity contribution in [3.05, 3.63) is 82.9 Å². The monoisotopic (exact) mass is 937 g/mol. The van der Waals surface area contributed by atoms with Crippen LogP contribution in [0.5, 0.6) is 0 Å². The first-order valence-corrected chi connectivity index (χ1v) is 17.3. The molecule has 1 saturated heterocycles. The van der Waals surface area contributed by atoms with Crippen LogP contribution < -0.4 is 20.9 Å². The zero-order chi connectivity index (χ0) is 47.5. The molecule has 5 heterocycles. The van der Waals surface area contributed by atoms with Gasteiger partial charge in [0.25, 0.3) is 0 Å². The van der Waals surface area contributed by atoms with Crippen molar-refractivity contribution in [1.29, 1.82) is 0 Å². The first-order valence-electron chi connectivity index (χ1n) is 16.9. The van der Waals surface area contributed by atoms with Gasteiger partial charge in [-0.15, -0.1) is 0 Å². The Labute approximate surface area is 349 Å². The average Bonchev–Trinajstić information content (AvgIpc) is 3.19. The van der Waals surface area contributed by atoms with Gasteiger partial charge in [-0.1, -0.05) is 11.6 Å². The average molecular weight is 938 g/mol. The number of nitrogens with zero attached hydrogens (tertiary/aromatic N) is 6. The number of carboxylic acids is 3. The molecule has 0 aliphatic carbocycles. The second-order valence-electron chi connectivity index (χ2n) is 12.3. The standard InChI is InChI=1S/C28H25ClF3N9O.3C2HF3O2/c29-22-16-35-26-37-21-11-17(13-33-15-21)1-2-18-12-20(36-25(22)39-26)4-5-23(18)38-27(42)41-9-7-40(8-10-41)24-6-3-19(14-34-24)28(30,31)32;3*3-2(4,5)1(6)7/h3-6,11-16H,1-2,7-10H2,(H,38,42)(H2,35,36,37,39);3*(H,6,7). The fourth-order valence-corrected chi connectivity index (χ4v) is 4.96. The summed E-state index contributed by atoms with van der Waals surface area (Å²) >= 11 is 6.35. The van der Waals surface area contributed by atoms with Gasteiger partial charge in [0.1, 0.15) is 10.8 Å². The van der Waals surface area contributed by atoms with Crippen LogP contribution in [-0.2, 0) is 33.4 Å². The van der Waals surface area contributed by atoms with Crippen LogP contribution in [-0.4, -0.2) is 109 Å². The number of carboxylic acid groups (broad SMARTS) is 3. The van der Waals surface area contributed by atoms with E-state index in [1.54, 1.807) is 17.3 Å². The van der Waals surface area contributed by atoms with Crippen molar-refractivity contribution in [2.45, 2.75) is 37.5 Å². The van der Waals surface area contributed by atoms with Crippen molar-refractivity contribution in [1.82, 2.24) is 24.8 Å². The van der Waals surface area contributed by atoms with E-state index in [2.05, 4.69) is 35.9 Å². The van der Waals surface area contributed by atoms with Gasteiger partial charge in [-0.05, 0) is 60.4 Å². The number of pyridine rings is 2. The maximum absolute atomic E-state index is 13.3. The molecule has 4 aromatic rings. The highest BCUT2D eigenvalue weighted by Crippen LogP contribution is 2.31. The number of urea groups is 1. The number of piperazine rings is 1. The van der Waals surface area contributed by atoms with E-state index in [9.17, 15) is 57.5 Å². The molecule has 6 rings (SSSR count). The Hall–Kier alpha value is -6.87. The van der Waals surface area contributed by atoms with Crippen LogP contribution in [0, 0.1) is 0 Å². The Morgan fingerprint density at radius 1 is 0.667 bits per heavy atom. The van der Waals surface area contributed by atoms with E-state index >= 15 is 0 Å². The van der Waals surface area contributed by atoms with Crippen molar-refractivity contribution in [2.75, 3.05) is 47.0 Å². The van der Waals surface area contributed by atoms with Crippen molar-refractivity contribution in [3.63, 3.8) is 0 Å². The Morgan fingerprint density at radius 2 is 1.24 bits per heavy atom. The number of aryl methyl sites for hydroxylation is 2. The lowest BCUT2D eigenvalue weighted by Crippen LogP contribution is -2.50. The third-order valence-electron chi connectivity index (χ3n) is 7.78. The predicted molar refractivity (Wildman–Crippen MR) is 195 cm³/mol. The van der Waals surface area contributed by atoms with Gasteiger partial charge in [-0.2, -0.15) is 57.7 Å². The van der Waals surface area contributed by atoms with E-state index < -0.39 is 48.2 Å². The summed E-state index contributed by atoms with van der Waals surface area (Å²) in [6.45, 7) is 1.67. The lowest BCUT2D eigenvalue weighted by molar-refractivity contribution is -0.193. The van der Waals surface area contributed by atoms with Crippen molar-refractivity contribution in [2.24, 2.45) is 0 Å². The fourth-order valence-electron chi connectivity index (χ4n) is 4.83. The number of aliphatic carboxylic acids is 3. The van der Waals surface area contributed by atoms with Gasteiger partial charge in [0.15, 0.2) is 5.82 Å². The molecule has 2 aliphatic rings. The molecular weight excluding hydrogens is 910 g/mol. The largest absolute Gasteiger partial charge is 0.490 e. The number of aromatic nitrogens is 4. The summed E-state index contributed by atoms with van der Waals surface area (Å²) < 4.78 is 134. The van der Waals surface area contributed by atoms with E-state index in [0.717, 1.165) is 34.8 Å². The Balaban J connectivity index is 0.000000416. The smallest absolute Gasteiger partial charge is 0.475 e. The highest BCUT2D eigenvalue weighted by atomic mass is 35.5. The van der Waals surface area contributed by atoms with Gasteiger partial charge in [0.05, 0.1) is 23.6 Å². The molecule has 0 radical (unpaired) electrons. The van der Waals surface area contributed by atoms with E-state index in [1.165, 1.54) is 12.3 Å². The Kier molecular flexibility index (Phi) is 16.7. The number of carbonyl (C=O) groups excluding carboxylic acids is 1. The Bertz CT molecular complexity index is 2180. The number of anilines is 6. The summed E-state index contributed by atoms with van der Waals surface area (Å²) in [5.41, 5.74) is 3.27. The zero-order valence-electron chi connectivity index (χ0n) is 31.1. The minimum Gasteiger partial charge on any atom is -0.475 e. The zero-order valence-corrected chi connectivity index (χ0v) is 31.8. The number of amides is 2. The topological polar surface area (TPSA) is 223 Å². The number of alkyl halides is 12. The molecule has 0 saturated carbocycles. The number of fused-ring (bicyclic) bond motifs is 6. The molecule has 342 valence electrons. The van der Waals surface area contributed by atoms with Crippen molar-refractivity contribution in [3.8, 4) is 0 Å². The lowest BCUT2D eigenvalue weighted by atomic mass is 10.0. The van der Waals surface area contributed by atoms with Crippen LogP contribution in [0.4, 0.5) is 92.1 Å². The molecule has 63 heavy (non-hydrogen) atoms. The van der Waals surface area contributed by atoms with E-state index in [-0.39, 0.29) is 6.03 Å². The molecule has 0 atom stereocenters. The number of carbonyl (C=O) groups is 4. The molecule has 3 aromatic heterocycles. The molecule has 6 bridgehead atoms. The van der Waals surface area contributed by atoms with Crippen molar-refractivity contribution < 1.29 is 87.2 Å². The molecule has 29 heteroatoms. The van der Waals surface area contributed by atoms with E-state index in [0.29, 0.717) is 67.3 Å². The molecule has 2 amide bonds. The molecule has 0 unspecified atom stereocenters. The van der Waals surface area contributed by atoms with Gasteiger partial charge in [0, 0.05) is 49.9 Å². The summed E-state index contributed by atoms with van der Waals surface area (Å²) in [6, 6.07) is 9.71. The quantitative estimate of drug-likeness (QED) is 0.106. The molecule has 1 aromatic carbocycles. The summed E-state index contributed by atoms with van der Waals surface area (Å²) in [6.07, 6.45) is -12.6. The normalized spacial score (nSPS) is 13.7. The second kappa shape index (κ2) is 20.8. The number of nitrogens with one attached hydrogen (secondary N) is 3. The van der Waals surface area contributed by atoms with E-state index in [4.69, 9.17) is 41.3 Å². The maximum atomic E-state index is 13.3. The predicted octanol–water partition coefficient (Wildman–Crippen LogP) is 7.78. The van der Waals surface area contributed by atoms with Crippen LogP contribution in [0.1, 0.15) is 16.7 Å². The van der Waals surface area contributed by atoms with Gasteiger partial charge in [-0.25, -0.2) is 29.1 Å².